The second-order valence-corrected chi connectivity index (χ2v) is 4.23. The number of aromatic nitrogens is 1. The predicted molar refractivity (Wildman–Crippen MR) is 71.3 cm³/mol. The number of halogens is 1. The largest absolute Gasteiger partial charge is 0.383 e. The number of ether oxygens (including phenoxy) is 1. The first-order chi connectivity index (χ1) is 8.65. The second kappa shape index (κ2) is 7.28. The average Bonchev–Trinajstić information content (AvgIpc) is 2.35. The van der Waals surface area contributed by atoms with Crippen molar-refractivity contribution in [1.82, 2.24) is 10.3 Å². The molecule has 1 heterocycles. The molecular weight excluding hydrogens is 233 g/mol. The van der Waals surface area contributed by atoms with E-state index >= 15 is 0 Å². The van der Waals surface area contributed by atoms with Crippen LogP contribution in [0, 0.1) is 5.82 Å². The molecule has 0 amide bonds. The Balaban J connectivity index is 3.01. The Morgan fingerprint density at radius 3 is 2.83 bits per heavy atom. The van der Waals surface area contributed by atoms with E-state index in [1.165, 1.54) is 0 Å². The molecule has 0 aliphatic heterocycles. The Kier molecular flexibility index (Phi) is 6.01. The molecule has 102 valence electrons. The molecule has 1 N–H and O–H groups in total. The van der Waals surface area contributed by atoms with Crippen molar-refractivity contribution in [2.45, 2.75) is 26.4 Å². The molecule has 0 aliphatic carbocycles. The molecule has 1 unspecified atom stereocenters. The highest BCUT2D eigenvalue weighted by atomic mass is 19.1. The number of likely N-dealkylation sites (N-methyl/N-ethyl adjacent to an activating group) is 1. The van der Waals surface area contributed by atoms with Crippen LogP contribution in [0.4, 0.5) is 10.2 Å². The first-order valence-electron chi connectivity index (χ1n) is 6.19. The lowest BCUT2D eigenvalue weighted by atomic mass is 10.2. The Morgan fingerprint density at radius 1 is 1.56 bits per heavy atom. The van der Waals surface area contributed by atoms with Gasteiger partial charge in [0, 0.05) is 32.0 Å². The third kappa shape index (κ3) is 3.40. The number of hydrogen-bond acceptors (Lipinski definition) is 4. The number of nitrogens with zero attached hydrogens (tertiary/aromatic N) is 2. The molecule has 18 heavy (non-hydrogen) atoms. The van der Waals surface area contributed by atoms with E-state index < -0.39 is 0 Å². The van der Waals surface area contributed by atoms with E-state index in [4.69, 9.17) is 4.74 Å². The number of methoxy groups -OCH3 is 1. The standard InChI is InChI=1S/C13H22FN3O/c1-5-17(10(2)9-18-4)13-12(14)11(8-15-3)6-7-16-13/h6-7,10,15H,5,8-9H2,1-4H3. The minimum Gasteiger partial charge on any atom is -0.383 e. The van der Waals surface area contributed by atoms with Crippen molar-refractivity contribution in [2.24, 2.45) is 0 Å². The summed E-state index contributed by atoms with van der Waals surface area (Å²) in [4.78, 5) is 6.08. The molecule has 0 fully saturated rings. The fraction of sp³-hybridized carbons (Fsp3) is 0.615. The van der Waals surface area contributed by atoms with E-state index in [1.54, 1.807) is 26.4 Å². The van der Waals surface area contributed by atoms with Crippen LogP contribution in [0.2, 0.25) is 0 Å². The van der Waals surface area contributed by atoms with Crippen LogP contribution in [0.5, 0.6) is 0 Å². The molecule has 0 aromatic carbocycles. The van der Waals surface area contributed by atoms with Gasteiger partial charge in [-0.1, -0.05) is 0 Å². The van der Waals surface area contributed by atoms with Crippen LogP contribution in [-0.4, -0.2) is 38.3 Å². The zero-order valence-electron chi connectivity index (χ0n) is 11.5. The normalized spacial score (nSPS) is 12.5. The average molecular weight is 255 g/mol. The van der Waals surface area contributed by atoms with E-state index in [2.05, 4.69) is 10.3 Å². The van der Waals surface area contributed by atoms with E-state index in [-0.39, 0.29) is 11.9 Å². The summed E-state index contributed by atoms with van der Waals surface area (Å²) in [5.41, 5.74) is 0.630. The maximum Gasteiger partial charge on any atom is 0.170 e. The van der Waals surface area contributed by atoms with Crippen LogP contribution in [0.25, 0.3) is 0 Å². The molecule has 0 radical (unpaired) electrons. The molecule has 1 atom stereocenters. The van der Waals surface area contributed by atoms with Crippen LogP contribution in [0.15, 0.2) is 12.3 Å². The fourth-order valence-corrected chi connectivity index (χ4v) is 2.00. The lowest BCUT2D eigenvalue weighted by molar-refractivity contribution is 0.181. The van der Waals surface area contributed by atoms with Crippen LogP contribution >= 0.6 is 0 Å². The van der Waals surface area contributed by atoms with Crippen LogP contribution < -0.4 is 10.2 Å². The number of nitrogens with one attached hydrogen (secondary N) is 1. The van der Waals surface area contributed by atoms with Gasteiger partial charge in [0.2, 0.25) is 0 Å². The van der Waals surface area contributed by atoms with Crippen LogP contribution in [0.1, 0.15) is 19.4 Å². The molecule has 0 saturated heterocycles. The summed E-state index contributed by atoms with van der Waals surface area (Å²) < 4.78 is 19.4. The molecule has 0 bridgehead atoms. The van der Waals surface area contributed by atoms with Gasteiger partial charge in [-0.05, 0) is 27.0 Å². The Morgan fingerprint density at radius 2 is 2.28 bits per heavy atom. The predicted octanol–water partition coefficient (Wildman–Crippen LogP) is 1.80. The van der Waals surface area contributed by atoms with Gasteiger partial charge in [0.15, 0.2) is 11.6 Å². The highest BCUT2D eigenvalue weighted by Gasteiger charge is 2.19. The lowest BCUT2D eigenvalue weighted by Gasteiger charge is -2.29. The monoisotopic (exact) mass is 255 g/mol. The molecule has 0 saturated carbocycles. The maximum atomic E-state index is 14.3. The van der Waals surface area contributed by atoms with Crippen LogP contribution in [0.3, 0.4) is 0 Å². The van der Waals surface area contributed by atoms with E-state index in [0.29, 0.717) is 31.1 Å². The molecule has 1 rings (SSSR count). The van der Waals surface area contributed by atoms with E-state index in [0.717, 1.165) is 0 Å². The van der Waals surface area contributed by atoms with E-state index in [9.17, 15) is 4.39 Å². The highest BCUT2D eigenvalue weighted by Crippen LogP contribution is 2.21. The minimum atomic E-state index is -0.253. The van der Waals surface area contributed by atoms with Crippen molar-refractivity contribution >= 4 is 5.82 Å². The molecule has 4 nitrogen and oxygen atoms in total. The zero-order valence-corrected chi connectivity index (χ0v) is 11.5. The van der Waals surface area contributed by atoms with Crippen molar-refractivity contribution in [1.29, 1.82) is 0 Å². The van der Waals surface area contributed by atoms with Gasteiger partial charge < -0.3 is 15.0 Å². The van der Waals surface area contributed by atoms with E-state index in [1.807, 2.05) is 18.7 Å². The SMILES string of the molecule is CCN(c1nccc(CNC)c1F)C(C)COC. The number of pyridine rings is 1. The molecule has 1 aromatic heterocycles. The van der Waals surface area contributed by atoms with Gasteiger partial charge in [0.1, 0.15) is 0 Å². The van der Waals surface area contributed by atoms with Gasteiger partial charge in [-0.2, -0.15) is 0 Å². The first-order valence-corrected chi connectivity index (χ1v) is 6.19. The third-order valence-corrected chi connectivity index (χ3v) is 2.87. The van der Waals surface area contributed by atoms with Gasteiger partial charge in [0.05, 0.1) is 12.6 Å². The van der Waals surface area contributed by atoms with Crippen molar-refractivity contribution in [2.75, 3.05) is 32.2 Å². The molecular formula is C13H22FN3O. The summed E-state index contributed by atoms with van der Waals surface area (Å²) in [6, 6.07) is 1.79. The molecule has 0 aliphatic rings. The molecule has 5 heteroatoms. The highest BCUT2D eigenvalue weighted by molar-refractivity contribution is 5.44. The summed E-state index contributed by atoms with van der Waals surface area (Å²) in [7, 11) is 3.44. The number of anilines is 1. The second-order valence-electron chi connectivity index (χ2n) is 4.23. The Bertz CT molecular complexity index is 373. The van der Waals surface area contributed by atoms with Gasteiger partial charge in [0.25, 0.3) is 0 Å². The Hall–Kier alpha value is -1.20. The van der Waals surface area contributed by atoms with Crippen molar-refractivity contribution in [3.8, 4) is 0 Å². The van der Waals surface area contributed by atoms with Crippen molar-refractivity contribution < 1.29 is 9.13 Å². The van der Waals surface area contributed by atoms with Gasteiger partial charge in [-0.15, -0.1) is 0 Å². The summed E-state index contributed by atoms with van der Waals surface area (Å²) in [5, 5.41) is 2.95. The topological polar surface area (TPSA) is 37.4 Å². The molecule has 1 aromatic rings. The summed E-state index contributed by atoms with van der Waals surface area (Å²) in [6.07, 6.45) is 1.65. The number of hydrogen-bond donors (Lipinski definition) is 1. The first kappa shape index (κ1) is 14.9. The zero-order chi connectivity index (χ0) is 13.5. The van der Waals surface area contributed by atoms with Crippen molar-refractivity contribution in [3.05, 3.63) is 23.6 Å². The Labute approximate surface area is 108 Å². The minimum absolute atomic E-state index is 0.0897. The lowest BCUT2D eigenvalue weighted by Crippen LogP contribution is -2.37. The van der Waals surface area contributed by atoms with Crippen LogP contribution in [-0.2, 0) is 11.3 Å². The maximum absolute atomic E-state index is 14.3. The van der Waals surface area contributed by atoms with Gasteiger partial charge in [-0.25, -0.2) is 9.37 Å². The fourth-order valence-electron chi connectivity index (χ4n) is 2.00. The number of rotatable bonds is 7. The molecule has 0 spiro atoms. The van der Waals surface area contributed by atoms with Gasteiger partial charge in [-0.3, -0.25) is 0 Å². The smallest absolute Gasteiger partial charge is 0.170 e. The van der Waals surface area contributed by atoms with Gasteiger partial charge >= 0.3 is 0 Å². The third-order valence-electron chi connectivity index (χ3n) is 2.87. The van der Waals surface area contributed by atoms with Crippen molar-refractivity contribution in [3.63, 3.8) is 0 Å². The summed E-state index contributed by atoms with van der Waals surface area (Å²) in [5.74, 6) is 0.145. The quantitative estimate of drug-likeness (QED) is 0.806. The summed E-state index contributed by atoms with van der Waals surface area (Å²) in [6.45, 7) is 5.72. The summed E-state index contributed by atoms with van der Waals surface area (Å²) >= 11 is 0.